The third-order valence-electron chi connectivity index (χ3n) is 3.60. The lowest BCUT2D eigenvalue weighted by atomic mass is 10.1. The molecule has 1 unspecified atom stereocenters. The van der Waals surface area contributed by atoms with Crippen molar-refractivity contribution in [3.8, 4) is 0 Å². The standard InChI is InChI=1S/C17H18FN3O3/c1-12(15-8-3-4-9-16(15)18)19-17(22)20(2)11-13-6-5-7-14(10-13)21(23)24/h3-10,12H,11H2,1-2H3,(H,19,22). The van der Waals surface area contributed by atoms with E-state index in [0.29, 0.717) is 11.1 Å². The quantitative estimate of drug-likeness (QED) is 0.671. The highest BCUT2D eigenvalue weighted by Crippen LogP contribution is 2.17. The molecule has 0 aliphatic heterocycles. The molecule has 0 aliphatic carbocycles. The van der Waals surface area contributed by atoms with E-state index in [1.54, 1.807) is 44.3 Å². The zero-order valence-electron chi connectivity index (χ0n) is 13.4. The molecular weight excluding hydrogens is 313 g/mol. The lowest BCUT2D eigenvalue weighted by Crippen LogP contribution is -2.38. The molecule has 7 heteroatoms. The molecule has 0 saturated carbocycles. The minimum absolute atomic E-state index is 0.0268. The first kappa shape index (κ1) is 17.4. The molecule has 2 aromatic rings. The maximum atomic E-state index is 13.7. The summed E-state index contributed by atoms with van der Waals surface area (Å²) in [5.74, 6) is -0.383. The molecule has 6 nitrogen and oxygen atoms in total. The van der Waals surface area contributed by atoms with E-state index in [1.807, 2.05) is 0 Å². The van der Waals surface area contributed by atoms with E-state index in [1.165, 1.54) is 23.1 Å². The van der Waals surface area contributed by atoms with Gasteiger partial charge in [0, 0.05) is 31.3 Å². The van der Waals surface area contributed by atoms with Crippen LogP contribution in [-0.2, 0) is 6.54 Å². The van der Waals surface area contributed by atoms with E-state index in [0.717, 1.165) is 0 Å². The molecular formula is C17H18FN3O3. The van der Waals surface area contributed by atoms with Crippen molar-refractivity contribution in [1.29, 1.82) is 0 Å². The van der Waals surface area contributed by atoms with Gasteiger partial charge in [0.2, 0.25) is 0 Å². The van der Waals surface area contributed by atoms with Gasteiger partial charge in [0.05, 0.1) is 11.0 Å². The summed E-state index contributed by atoms with van der Waals surface area (Å²) in [4.78, 5) is 23.9. The Morgan fingerprint density at radius 1 is 1.29 bits per heavy atom. The van der Waals surface area contributed by atoms with Crippen molar-refractivity contribution in [2.45, 2.75) is 19.5 Å². The van der Waals surface area contributed by atoms with Crippen LogP contribution in [0.5, 0.6) is 0 Å². The highest BCUT2D eigenvalue weighted by molar-refractivity contribution is 5.74. The van der Waals surface area contributed by atoms with Gasteiger partial charge in [-0.25, -0.2) is 9.18 Å². The van der Waals surface area contributed by atoms with E-state index < -0.39 is 17.0 Å². The molecule has 0 radical (unpaired) electrons. The number of benzene rings is 2. The summed E-state index contributed by atoms with van der Waals surface area (Å²) < 4.78 is 13.7. The van der Waals surface area contributed by atoms with Crippen LogP contribution in [0, 0.1) is 15.9 Å². The van der Waals surface area contributed by atoms with Gasteiger partial charge >= 0.3 is 6.03 Å². The molecule has 0 bridgehead atoms. The fourth-order valence-corrected chi connectivity index (χ4v) is 2.31. The number of non-ortho nitro benzene ring substituents is 1. The maximum Gasteiger partial charge on any atom is 0.317 e. The number of carbonyl (C=O) groups excluding carboxylic acids is 1. The van der Waals surface area contributed by atoms with Gasteiger partial charge in [-0.1, -0.05) is 30.3 Å². The zero-order chi connectivity index (χ0) is 17.7. The highest BCUT2D eigenvalue weighted by atomic mass is 19.1. The minimum Gasteiger partial charge on any atom is -0.331 e. The summed E-state index contributed by atoms with van der Waals surface area (Å²) in [6.45, 7) is 1.90. The molecule has 24 heavy (non-hydrogen) atoms. The average Bonchev–Trinajstić information content (AvgIpc) is 2.55. The Labute approximate surface area is 139 Å². The summed E-state index contributed by atoms with van der Waals surface area (Å²) in [6.07, 6.45) is 0. The van der Waals surface area contributed by atoms with Crippen molar-refractivity contribution < 1.29 is 14.1 Å². The predicted molar refractivity (Wildman–Crippen MR) is 87.9 cm³/mol. The van der Waals surface area contributed by atoms with Crippen LogP contribution in [0.2, 0.25) is 0 Å². The molecule has 0 aromatic heterocycles. The van der Waals surface area contributed by atoms with E-state index >= 15 is 0 Å². The van der Waals surface area contributed by atoms with Crippen LogP contribution in [0.4, 0.5) is 14.9 Å². The second kappa shape index (κ2) is 7.54. The predicted octanol–water partition coefficient (Wildman–Crippen LogP) is 3.64. The molecule has 0 fully saturated rings. The number of rotatable bonds is 5. The molecule has 0 saturated heterocycles. The van der Waals surface area contributed by atoms with E-state index in [2.05, 4.69) is 5.32 Å². The second-order valence-corrected chi connectivity index (χ2v) is 5.48. The number of hydrogen-bond acceptors (Lipinski definition) is 3. The number of carbonyl (C=O) groups is 1. The molecule has 1 atom stereocenters. The third-order valence-corrected chi connectivity index (χ3v) is 3.60. The smallest absolute Gasteiger partial charge is 0.317 e. The lowest BCUT2D eigenvalue weighted by Gasteiger charge is -2.22. The van der Waals surface area contributed by atoms with Crippen LogP contribution in [0.3, 0.4) is 0 Å². The molecule has 126 valence electrons. The maximum absolute atomic E-state index is 13.7. The van der Waals surface area contributed by atoms with Crippen LogP contribution in [0.25, 0.3) is 0 Å². The molecule has 2 aromatic carbocycles. The first-order valence-electron chi connectivity index (χ1n) is 7.38. The summed E-state index contributed by atoms with van der Waals surface area (Å²) in [5.41, 5.74) is 1.01. The molecule has 2 amide bonds. The summed E-state index contributed by atoms with van der Waals surface area (Å²) >= 11 is 0. The fourth-order valence-electron chi connectivity index (χ4n) is 2.31. The molecule has 0 aliphatic rings. The third kappa shape index (κ3) is 4.28. The number of hydrogen-bond donors (Lipinski definition) is 1. The monoisotopic (exact) mass is 331 g/mol. The van der Waals surface area contributed by atoms with Crippen LogP contribution < -0.4 is 5.32 Å². The molecule has 1 N–H and O–H groups in total. The second-order valence-electron chi connectivity index (χ2n) is 5.48. The molecule has 0 spiro atoms. The topological polar surface area (TPSA) is 75.5 Å². The van der Waals surface area contributed by atoms with Gasteiger partial charge in [-0.2, -0.15) is 0 Å². The molecule has 2 rings (SSSR count). The van der Waals surface area contributed by atoms with Gasteiger partial charge in [-0.3, -0.25) is 10.1 Å². The number of amides is 2. The normalized spacial score (nSPS) is 11.6. The summed E-state index contributed by atoms with van der Waals surface area (Å²) in [6, 6.07) is 11.4. The number of halogens is 1. The Balaban J connectivity index is 2.01. The van der Waals surface area contributed by atoms with Gasteiger partial charge in [0.15, 0.2) is 0 Å². The van der Waals surface area contributed by atoms with Gasteiger partial charge < -0.3 is 10.2 Å². The Morgan fingerprint density at radius 2 is 2.00 bits per heavy atom. The number of nitro groups is 1. The van der Waals surface area contributed by atoms with Crippen molar-refractivity contribution in [3.05, 3.63) is 75.6 Å². The Bertz CT molecular complexity index is 751. The number of nitrogens with one attached hydrogen (secondary N) is 1. The summed E-state index contributed by atoms with van der Waals surface area (Å²) in [5, 5.41) is 13.5. The van der Waals surface area contributed by atoms with Crippen LogP contribution in [0.1, 0.15) is 24.1 Å². The van der Waals surface area contributed by atoms with E-state index in [-0.39, 0.29) is 18.0 Å². The van der Waals surface area contributed by atoms with Crippen molar-refractivity contribution >= 4 is 11.7 Å². The fraction of sp³-hybridized carbons (Fsp3) is 0.235. The van der Waals surface area contributed by atoms with Crippen molar-refractivity contribution in [2.75, 3.05) is 7.05 Å². The van der Waals surface area contributed by atoms with E-state index in [9.17, 15) is 19.3 Å². The Morgan fingerprint density at radius 3 is 2.67 bits per heavy atom. The minimum atomic E-state index is -0.494. The van der Waals surface area contributed by atoms with Gasteiger partial charge in [-0.15, -0.1) is 0 Å². The van der Waals surface area contributed by atoms with Crippen LogP contribution in [0.15, 0.2) is 48.5 Å². The Hall–Kier alpha value is -2.96. The van der Waals surface area contributed by atoms with Crippen LogP contribution in [-0.4, -0.2) is 22.9 Å². The number of nitrogens with zero attached hydrogens (tertiary/aromatic N) is 2. The lowest BCUT2D eigenvalue weighted by molar-refractivity contribution is -0.384. The van der Waals surface area contributed by atoms with Gasteiger partial charge in [-0.05, 0) is 18.6 Å². The Kier molecular flexibility index (Phi) is 5.47. The van der Waals surface area contributed by atoms with Gasteiger partial charge in [0.25, 0.3) is 5.69 Å². The van der Waals surface area contributed by atoms with Crippen LogP contribution >= 0.6 is 0 Å². The SMILES string of the molecule is CC(NC(=O)N(C)Cc1cccc([N+](=O)[O-])c1)c1ccccc1F. The van der Waals surface area contributed by atoms with Crippen molar-refractivity contribution in [2.24, 2.45) is 0 Å². The summed E-state index contributed by atoms with van der Waals surface area (Å²) in [7, 11) is 1.57. The zero-order valence-corrected chi connectivity index (χ0v) is 13.4. The first-order chi connectivity index (χ1) is 11.4. The first-order valence-corrected chi connectivity index (χ1v) is 7.38. The largest absolute Gasteiger partial charge is 0.331 e. The average molecular weight is 331 g/mol. The highest BCUT2D eigenvalue weighted by Gasteiger charge is 2.16. The van der Waals surface area contributed by atoms with Crippen molar-refractivity contribution in [1.82, 2.24) is 10.2 Å². The number of urea groups is 1. The number of nitro benzene ring substituents is 1. The van der Waals surface area contributed by atoms with Gasteiger partial charge in [0.1, 0.15) is 5.82 Å². The molecule has 0 heterocycles. The van der Waals surface area contributed by atoms with E-state index in [4.69, 9.17) is 0 Å². The van der Waals surface area contributed by atoms with Crippen molar-refractivity contribution in [3.63, 3.8) is 0 Å².